The van der Waals surface area contributed by atoms with Gasteiger partial charge >= 0.3 is 0 Å². The molecular formula is C11H23NO3. The highest BCUT2D eigenvalue weighted by atomic mass is 16.5. The van der Waals surface area contributed by atoms with Crippen LogP contribution in [0.2, 0.25) is 0 Å². The van der Waals surface area contributed by atoms with Crippen molar-refractivity contribution in [1.29, 1.82) is 0 Å². The molecule has 4 nitrogen and oxygen atoms in total. The van der Waals surface area contributed by atoms with Crippen molar-refractivity contribution in [2.75, 3.05) is 26.8 Å². The summed E-state index contributed by atoms with van der Waals surface area (Å²) in [4.78, 5) is 13.5. The lowest BCUT2D eigenvalue weighted by Gasteiger charge is -2.29. The summed E-state index contributed by atoms with van der Waals surface area (Å²) in [5, 5.41) is 9.64. The molecular weight excluding hydrogens is 194 g/mol. The fraction of sp³-hybridized carbons (Fsp3) is 0.909. The molecule has 0 aromatic heterocycles. The van der Waals surface area contributed by atoms with E-state index < -0.39 is 5.60 Å². The average molecular weight is 217 g/mol. The Kier molecular flexibility index (Phi) is 5.83. The van der Waals surface area contributed by atoms with Gasteiger partial charge in [-0.25, -0.2) is 0 Å². The molecule has 0 aromatic rings. The van der Waals surface area contributed by atoms with E-state index in [9.17, 15) is 9.90 Å². The zero-order valence-corrected chi connectivity index (χ0v) is 10.4. The first-order chi connectivity index (χ1) is 6.79. The highest BCUT2D eigenvalue weighted by Crippen LogP contribution is 2.09. The molecule has 0 saturated heterocycles. The van der Waals surface area contributed by atoms with Gasteiger partial charge in [0.05, 0.1) is 6.61 Å². The number of aliphatic hydroxyl groups is 1. The van der Waals surface area contributed by atoms with Crippen LogP contribution in [-0.4, -0.2) is 48.3 Å². The van der Waals surface area contributed by atoms with E-state index in [-0.39, 0.29) is 5.91 Å². The molecule has 15 heavy (non-hydrogen) atoms. The van der Waals surface area contributed by atoms with Crippen molar-refractivity contribution in [2.24, 2.45) is 5.92 Å². The van der Waals surface area contributed by atoms with Gasteiger partial charge in [0.1, 0.15) is 5.60 Å². The lowest BCUT2D eigenvalue weighted by molar-refractivity contribution is -0.149. The van der Waals surface area contributed by atoms with E-state index in [1.807, 2.05) is 13.8 Å². The summed E-state index contributed by atoms with van der Waals surface area (Å²) in [5.74, 6) is 0.140. The van der Waals surface area contributed by atoms with Gasteiger partial charge in [-0.15, -0.1) is 0 Å². The molecule has 4 heteroatoms. The molecule has 0 aliphatic rings. The first-order valence-corrected chi connectivity index (χ1v) is 5.29. The van der Waals surface area contributed by atoms with Gasteiger partial charge in [0.2, 0.25) is 0 Å². The van der Waals surface area contributed by atoms with Crippen molar-refractivity contribution in [3.63, 3.8) is 0 Å². The second-order valence-corrected chi connectivity index (χ2v) is 4.70. The minimum atomic E-state index is -1.30. The van der Waals surface area contributed by atoms with E-state index in [1.165, 1.54) is 13.8 Å². The van der Waals surface area contributed by atoms with Crippen molar-refractivity contribution in [1.82, 2.24) is 4.90 Å². The Labute approximate surface area is 92.2 Å². The number of nitrogens with zero attached hydrogens (tertiary/aromatic N) is 1. The smallest absolute Gasteiger partial charge is 0.254 e. The van der Waals surface area contributed by atoms with Crippen LogP contribution in [0.3, 0.4) is 0 Å². The topological polar surface area (TPSA) is 49.8 Å². The molecule has 0 radical (unpaired) electrons. The molecule has 0 aromatic carbocycles. The van der Waals surface area contributed by atoms with E-state index in [4.69, 9.17) is 4.74 Å². The summed E-state index contributed by atoms with van der Waals surface area (Å²) < 4.78 is 4.94. The lowest BCUT2D eigenvalue weighted by atomic mass is 10.1. The SMILES string of the molecule is COCCN(CC(C)C)C(=O)C(C)(C)O. The Hall–Kier alpha value is -0.610. The molecule has 0 heterocycles. The Balaban J connectivity index is 4.41. The summed E-state index contributed by atoms with van der Waals surface area (Å²) in [6.07, 6.45) is 0. The van der Waals surface area contributed by atoms with Gasteiger partial charge in [-0.05, 0) is 19.8 Å². The fourth-order valence-electron chi connectivity index (χ4n) is 1.30. The van der Waals surface area contributed by atoms with Gasteiger partial charge in [-0.3, -0.25) is 4.79 Å². The Bertz CT molecular complexity index is 196. The number of carbonyl (C=O) groups excluding carboxylic acids is 1. The van der Waals surface area contributed by atoms with E-state index in [0.717, 1.165) is 0 Å². The van der Waals surface area contributed by atoms with Gasteiger partial charge in [-0.2, -0.15) is 0 Å². The van der Waals surface area contributed by atoms with Crippen LogP contribution in [0.15, 0.2) is 0 Å². The van der Waals surface area contributed by atoms with Crippen molar-refractivity contribution < 1.29 is 14.6 Å². The van der Waals surface area contributed by atoms with Crippen molar-refractivity contribution in [3.8, 4) is 0 Å². The molecule has 1 amide bonds. The molecule has 90 valence electrons. The highest BCUT2D eigenvalue weighted by Gasteiger charge is 2.29. The van der Waals surface area contributed by atoms with Gasteiger partial charge in [0.15, 0.2) is 0 Å². The van der Waals surface area contributed by atoms with Crippen molar-refractivity contribution >= 4 is 5.91 Å². The largest absolute Gasteiger partial charge is 0.383 e. The van der Waals surface area contributed by atoms with E-state index in [1.54, 1.807) is 12.0 Å². The predicted molar refractivity (Wildman–Crippen MR) is 59.6 cm³/mol. The second-order valence-electron chi connectivity index (χ2n) is 4.70. The summed E-state index contributed by atoms with van der Waals surface area (Å²) in [6.45, 7) is 8.76. The standard InChI is InChI=1S/C11H23NO3/c1-9(2)8-12(6-7-15-5)10(13)11(3,4)14/h9,14H,6-8H2,1-5H3. The molecule has 0 aliphatic carbocycles. The molecule has 0 spiro atoms. The third-order valence-electron chi connectivity index (χ3n) is 1.96. The van der Waals surface area contributed by atoms with Gasteiger partial charge < -0.3 is 14.7 Å². The van der Waals surface area contributed by atoms with Gasteiger partial charge in [-0.1, -0.05) is 13.8 Å². The number of ether oxygens (including phenoxy) is 1. The van der Waals surface area contributed by atoms with Crippen LogP contribution >= 0.6 is 0 Å². The molecule has 0 aliphatic heterocycles. The van der Waals surface area contributed by atoms with E-state index in [2.05, 4.69) is 0 Å². The van der Waals surface area contributed by atoms with Crippen molar-refractivity contribution in [3.05, 3.63) is 0 Å². The van der Waals surface area contributed by atoms with Crippen LogP contribution in [0.4, 0.5) is 0 Å². The number of carbonyl (C=O) groups is 1. The quantitative estimate of drug-likeness (QED) is 0.719. The van der Waals surface area contributed by atoms with E-state index >= 15 is 0 Å². The zero-order chi connectivity index (χ0) is 12.1. The molecule has 0 saturated carbocycles. The van der Waals surface area contributed by atoms with Crippen LogP contribution in [0.1, 0.15) is 27.7 Å². The van der Waals surface area contributed by atoms with Gasteiger partial charge in [0, 0.05) is 20.2 Å². The van der Waals surface area contributed by atoms with Gasteiger partial charge in [0.25, 0.3) is 5.91 Å². The Morgan fingerprint density at radius 3 is 2.33 bits per heavy atom. The predicted octanol–water partition coefficient (Wildman–Crippen LogP) is 0.888. The van der Waals surface area contributed by atoms with Crippen LogP contribution in [0.5, 0.6) is 0 Å². The molecule has 0 bridgehead atoms. The molecule has 1 N–H and O–H groups in total. The highest BCUT2D eigenvalue weighted by molar-refractivity contribution is 5.84. The fourth-order valence-corrected chi connectivity index (χ4v) is 1.30. The Morgan fingerprint density at radius 2 is 2.00 bits per heavy atom. The number of hydrogen-bond donors (Lipinski definition) is 1. The van der Waals surface area contributed by atoms with Crippen LogP contribution in [-0.2, 0) is 9.53 Å². The molecule has 0 fully saturated rings. The first-order valence-electron chi connectivity index (χ1n) is 5.29. The maximum Gasteiger partial charge on any atom is 0.254 e. The number of amides is 1. The van der Waals surface area contributed by atoms with Crippen LogP contribution in [0.25, 0.3) is 0 Å². The molecule has 0 rings (SSSR count). The van der Waals surface area contributed by atoms with E-state index in [0.29, 0.717) is 25.6 Å². The maximum atomic E-state index is 11.8. The summed E-state index contributed by atoms with van der Waals surface area (Å²) in [5.41, 5.74) is -1.30. The van der Waals surface area contributed by atoms with Crippen LogP contribution < -0.4 is 0 Å². The number of hydrogen-bond acceptors (Lipinski definition) is 3. The third-order valence-corrected chi connectivity index (χ3v) is 1.96. The normalized spacial score (nSPS) is 11.9. The monoisotopic (exact) mass is 217 g/mol. The second kappa shape index (κ2) is 6.08. The summed E-state index contributed by atoms with van der Waals surface area (Å²) >= 11 is 0. The molecule has 0 unspecified atom stereocenters. The minimum absolute atomic E-state index is 0.242. The van der Waals surface area contributed by atoms with Crippen LogP contribution in [0, 0.1) is 5.92 Å². The number of methoxy groups -OCH3 is 1. The average Bonchev–Trinajstić information content (AvgIpc) is 2.09. The lowest BCUT2D eigenvalue weighted by Crippen LogP contribution is -2.47. The number of rotatable bonds is 6. The minimum Gasteiger partial charge on any atom is -0.383 e. The van der Waals surface area contributed by atoms with Crippen molar-refractivity contribution in [2.45, 2.75) is 33.3 Å². The summed E-state index contributed by atoms with van der Waals surface area (Å²) in [7, 11) is 1.60. The Morgan fingerprint density at radius 1 is 1.47 bits per heavy atom. The molecule has 0 atom stereocenters. The third kappa shape index (κ3) is 5.74. The zero-order valence-electron chi connectivity index (χ0n) is 10.4. The first kappa shape index (κ1) is 14.4. The summed E-state index contributed by atoms with van der Waals surface area (Å²) in [6, 6.07) is 0. The maximum absolute atomic E-state index is 11.8.